The molecule has 2 nitrogen and oxygen atoms in total. The first kappa shape index (κ1) is 21.7. The quantitative estimate of drug-likeness (QED) is 0.354. The molecule has 0 bridgehead atoms. The summed E-state index contributed by atoms with van der Waals surface area (Å²) in [7, 11) is 0.478. The van der Waals surface area contributed by atoms with Crippen LogP contribution in [-0.4, -0.2) is 11.3 Å². The van der Waals surface area contributed by atoms with Gasteiger partial charge in [-0.15, -0.1) is 0 Å². The van der Waals surface area contributed by atoms with Crippen LogP contribution in [0.1, 0.15) is 16.4 Å². The van der Waals surface area contributed by atoms with Crippen molar-refractivity contribution in [2.75, 3.05) is 7.11 Å². The molecule has 0 aliphatic carbocycles. The van der Waals surface area contributed by atoms with Gasteiger partial charge in [0.2, 0.25) is 0 Å². The van der Waals surface area contributed by atoms with Gasteiger partial charge in [0.15, 0.2) is 0 Å². The number of methoxy groups -OCH3 is 1. The standard InChI is InChI=1S/C16H17O2S.CH2I.Zn/c1-12-4-10-16(11-5-12)19(17)13(2)14-6-8-15(18-3)9-7-14;1-2;/h4-11,13H,2H2,1,3H3;1H2;/q2*-1;+2. The molecular weight excluding hydrogens is 461 g/mol. The first-order chi connectivity index (χ1) is 10.1. The van der Waals surface area contributed by atoms with E-state index < -0.39 is 10.8 Å². The van der Waals surface area contributed by atoms with Crippen molar-refractivity contribution in [2.45, 2.75) is 17.1 Å². The van der Waals surface area contributed by atoms with E-state index in [9.17, 15) is 4.21 Å². The van der Waals surface area contributed by atoms with Crippen LogP contribution in [0.2, 0.25) is 0 Å². The first-order valence-electron chi connectivity index (χ1n) is 6.33. The summed E-state index contributed by atoms with van der Waals surface area (Å²) in [4.78, 5) is 4.03. The summed E-state index contributed by atoms with van der Waals surface area (Å²) < 4.78 is 17.5. The third kappa shape index (κ3) is 6.09. The predicted octanol–water partition coefficient (Wildman–Crippen LogP) is 4.90. The third-order valence-electron chi connectivity index (χ3n) is 3.00. The Morgan fingerprint density at radius 1 is 1.05 bits per heavy atom. The second kappa shape index (κ2) is 11.3. The molecule has 22 heavy (non-hydrogen) atoms. The fourth-order valence-electron chi connectivity index (χ4n) is 1.78. The van der Waals surface area contributed by atoms with Crippen molar-refractivity contribution in [3.05, 3.63) is 71.5 Å². The van der Waals surface area contributed by atoms with Crippen LogP contribution in [0, 0.1) is 18.8 Å². The molecule has 0 aromatic heterocycles. The van der Waals surface area contributed by atoms with Crippen molar-refractivity contribution >= 4 is 33.4 Å². The smallest absolute Gasteiger partial charge is 0.497 e. The summed E-state index contributed by atoms with van der Waals surface area (Å²) in [6.07, 6.45) is 0. The summed E-state index contributed by atoms with van der Waals surface area (Å²) in [5, 5.41) is -0.284. The van der Waals surface area contributed by atoms with Crippen LogP contribution in [0.3, 0.4) is 0 Å². The Hall–Kier alpha value is -0.257. The Morgan fingerprint density at radius 3 is 2.00 bits per heavy atom. The zero-order valence-electron chi connectivity index (χ0n) is 12.9. The summed E-state index contributed by atoms with van der Waals surface area (Å²) in [6.45, 7) is 6.03. The molecule has 2 atom stereocenters. The molecule has 114 valence electrons. The number of hydrogen-bond donors (Lipinski definition) is 0. The van der Waals surface area contributed by atoms with Crippen LogP contribution in [0.4, 0.5) is 0 Å². The predicted molar refractivity (Wildman–Crippen MR) is 98.1 cm³/mol. The zero-order chi connectivity index (χ0) is 15.8. The molecular formula is C17H19IO2SZn. The molecule has 0 aliphatic heterocycles. The summed E-state index contributed by atoms with van der Waals surface area (Å²) in [5.41, 5.74) is 2.10. The SMILES string of the molecule is [CH2-]C(c1ccc(OC)cc1)S(=O)c1ccc(C)cc1.[CH2-]I.[Zn+2]. The van der Waals surface area contributed by atoms with Crippen LogP contribution in [0.5, 0.6) is 5.75 Å². The van der Waals surface area contributed by atoms with Crippen LogP contribution in [0.25, 0.3) is 0 Å². The van der Waals surface area contributed by atoms with Crippen molar-refractivity contribution in [3.8, 4) is 5.75 Å². The van der Waals surface area contributed by atoms with Gasteiger partial charge in [-0.05, 0) is 31.2 Å². The van der Waals surface area contributed by atoms with Gasteiger partial charge in [0.25, 0.3) is 0 Å². The van der Waals surface area contributed by atoms with E-state index in [1.807, 2.05) is 78.0 Å². The van der Waals surface area contributed by atoms with E-state index in [2.05, 4.69) is 11.9 Å². The second-order valence-electron chi connectivity index (χ2n) is 4.37. The summed E-state index contributed by atoms with van der Waals surface area (Å²) in [6, 6.07) is 15.3. The van der Waals surface area contributed by atoms with Crippen LogP contribution < -0.4 is 4.74 Å². The molecule has 5 heteroatoms. The molecule has 0 saturated carbocycles. The van der Waals surface area contributed by atoms with Crippen molar-refractivity contribution in [2.24, 2.45) is 0 Å². The molecule has 0 spiro atoms. The molecule has 2 aromatic rings. The fraction of sp³-hybridized carbons (Fsp3) is 0.176. The van der Waals surface area contributed by atoms with Gasteiger partial charge < -0.3 is 34.3 Å². The Labute approximate surface area is 162 Å². The molecule has 0 amide bonds. The maximum Gasteiger partial charge on any atom is 2.00 e. The zero-order valence-corrected chi connectivity index (χ0v) is 18.9. The Kier molecular flexibility index (Phi) is 11.2. The molecule has 2 rings (SSSR count). The van der Waals surface area contributed by atoms with E-state index in [-0.39, 0.29) is 24.7 Å². The first-order valence-corrected chi connectivity index (χ1v) is 9.06. The fourth-order valence-corrected chi connectivity index (χ4v) is 2.92. The number of ether oxygens (including phenoxy) is 1. The minimum absolute atomic E-state index is 0. The van der Waals surface area contributed by atoms with Gasteiger partial charge >= 0.3 is 19.5 Å². The van der Waals surface area contributed by atoms with E-state index in [0.717, 1.165) is 21.8 Å². The van der Waals surface area contributed by atoms with Gasteiger partial charge in [-0.1, -0.05) is 40.6 Å². The van der Waals surface area contributed by atoms with E-state index in [4.69, 9.17) is 4.74 Å². The molecule has 0 radical (unpaired) electrons. The van der Waals surface area contributed by atoms with Gasteiger partial charge in [0.1, 0.15) is 5.75 Å². The largest absolute Gasteiger partial charge is 2.00 e. The van der Waals surface area contributed by atoms with Gasteiger partial charge in [0, 0.05) is 15.7 Å². The number of rotatable bonds is 4. The van der Waals surface area contributed by atoms with Crippen LogP contribution in [0.15, 0.2) is 53.4 Å². The van der Waals surface area contributed by atoms with Crippen molar-refractivity contribution in [1.29, 1.82) is 0 Å². The Bertz CT molecular complexity index is 570. The van der Waals surface area contributed by atoms with Crippen molar-refractivity contribution in [1.82, 2.24) is 0 Å². The molecule has 0 saturated heterocycles. The van der Waals surface area contributed by atoms with Gasteiger partial charge in [0.05, 0.1) is 7.11 Å². The minimum Gasteiger partial charge on any atom is -0.497 e. The monoisotopic (exact) mass is 478 g/mol. The normalized spacial score (nSPS) is 12.2. The second-order valence-corrected chi connectivity index (χ2v) is 6.01. The summed E-state index contributed by atoms with van der Waals surface area (Å²) in [5.74, 6) is 0.789. The van der Waals surface area contributed by atoms with E-state index in [0.29, 0.717) is 0 Å². The van der Waals surface area contributed by atoms with Crippen molar-refractivity contribution < 1.29 is 28.4 Å². The Balaban J connectivity index is 0.00000141. The topological polar surface area (TPSA) is 26.3 Å². The molecule has 0 fully saturated rings. The van der Waals surface area contributed by atoms with E-state index in [1.54, 1.807) is 7.11 Å². The van der Waals surface area contributed by atoms with E-state index in [1.165, 1.54) is 0 Å². The van der Waals surface area contributed by atoms with Crippen LogP contribution in [-0.2, 0) is 30.3 Å². The van der Waals surface area contributed by atoms with Gasteiger partial charge in [-0.25, -0.2) is 0 Å². The van der Waals surface area contributed by atoms with Gasteiger partial charge in [-0.3, -0.25) is 9.14 Å². The number of aryl methyl sites for hydroxylation is 1. The van der Waals surface area contributed by atoms with Crippen LogP contribution >= 0.6 is 22.6 Å². The molecule has 0 heterocycles. The maximum atomic E-state index is 12.4. The molecule has 2 aromatic carbocycles. The maximum absolute atomic E-state index is 12.4. The minimum atomic E-state index is -1.15. The Morgan fingerprint density at radius 2 is 1.55 bits per heavy atom. The van der Waals surface area contributed by atoms with E-state index >= 15 is 0 Å². The van der Waals surface area contributed by atoms with Gasteiger partial charge in [-0.2, -0.15) is 0 Å². The number of halogens is 1. The third-order valence-corrected chi connectivity index (χ3v) is 4.53. The molecule has 2 unspecified atom stereocenters. The average Bonchev–Trinajstić information content (AvgIpc) is 2.56. The number of hydrogen-bond acceptors (Lipinski definition) is 2. The number of benzene rings is 2. The average molecular weight is 480 g/mol. The molecule has 0 N–H and O–H groups in total. The van der Waals surface area contributed by atoms with Crippen molar-refractivity contribution in [3.63, 3.8) is 0 Å². The molecule has 0 aliphatic rings. The summed E-state index contributed by atoms with van der Waals surface area (Å²) >= 11 is 1.90.